The molecule has 0 fully saturated rings. The van der Waals surface area contributed by atoms with Gasteiger partial charge in [-0.3, -0.25) is 4.79 Å². The van der Waals surface area contributed by atoms with Crippen LogP contribution < -0.4 is 5.32 Å². The second-order valence-corrected chi connectivity index (χ2v) is 5.44. The molecule has 1 heterocycles. The van der Waals surface area contributed by atoms with Crippen LogP contribution in [0.3, 0.4) is 0 Å². The summed E-state index contributed by atoms with van der Waals surface area (Å²) in [7, 11) is 0. The van der Waals surface area contributed by atoms with Crippen LogP contribution in [0.1, 0.15) is 35.7 Å². The lowest BCUT2D eigenvalue weighted by atomic mass is 9.99. The third-order valence-corrected chi connectivity index (χ3v) is 4.12. The summed E-state index contributed by atoms with van der Waals surface area (Å²) in [5, 5.41) is 14.2. The van der Waals surface area contributed by atoms with E-state index in [0.29, 0.717) is 0 Å². The number of nitrogens with one attached hydrogen (secondary N) is 1. The standard InChI is InChI=1S/C16H16N2OS/c1-2-14(15-9-6-10-20-15)18-16(19)13(11-17)12-7-4-3-5-8-12/h3-10,13-14H,2H2,1H3,(H,18,19). The average molecular weight is 284 g/mol. The molecule has 2 unspecified atom stereocenters. The molecule has 0 bridgehead atoms. The molecular formula is C16H16N2OS. The first kappa shape index (κ1) is 14.3. The Labute approximate surface area is 122 Å². The number of benzene rings is 1. The predicted octanol–water partition coefficient (Wildman–Crippen LogP) is 3.62. The lowest BCUT2D eigenvalue weighted by molar-refractivity contribution is -0.122. The molecule has 0 spiro atoms. The highest BCUT2D eigenvalue weighted by atomic mass is 32.1. The van der Waals surface area contributed by atoms with Crippen molar-refractivity contribution < 1.29 is 4.79 Å². The normalized spacial score (nSPS) is 13.2. The third kappa shape index (κ3) is 3.25. The fourth-order valence-electron chi connectivity index (χ4n) is 2.05. The van der Waals surface area contributed by atoms with Crippen molar-refractivity contribution in [3.8, 4) is 6.07 Å². The van der Waals surface area contributed by atoms with Gasteiger partial charge in [0.2, 0.25) is 5.91 Å². The molecule has 1 amide bonds. The zero-order valence-electron chi connectivity index (χ0n) is 11.2. The maximum Gasteiger partial charge on any atom is 0.242 e. The molecule has 2 aromatic rings. The number of carbonyl (C=O) groups excluding carboxylic acids is 1. The first-order valence-electron chi connectivity index (χ1n) is 6.54. The Hall–Kier alpha value is -2.12. The minimum absolute atomic E-state index is 0.0259. The Morgan fingerprint density at radius 1 is 1.30 bits per heavy atom. The maximum atomic E-state index is 12.3. The predicted molar refractivity (Wildman–Crippen MR) is 80.3 cm³/mol. The Morgan fingerprint density at radius 3 is 2.60 bits per heavy atom. The van der Waals surface area contributed by atoms with Gasteiger partial charge in [-0.2, -0.15) is 5.26 Å². The van der Waals surface area contributed by atoms with Crippen molar-refractivity contribution in [3.63, 3.8) is 0 Å². The van der Waals surface area contributed by atoms with Crippen LogP contribution >= 0.6 is 11.3 Å². The number of hydrogen-bond donors (Lipinski definition) is 1. The number of nitrogens with zero attached hydrogens (tertiary/aromatic N) is 1. The molecule has 0 aliphatic heterocycles. The summed E-state index contributed by atoms with van der Waals surface area (Å²) < 4.78 is 0. The van der Waals surface area contributed by atoms with E-state index in [1.807, 2.05) is 42.6 Å². The average Bonchev–Trinajstić information content (AvgIpc) is 3.00. The molecular weight excluding hydrogens is 268 g/mol. The highest BCUT2D eigenvalue weighted by molar-refractivity contribution is 7.10. The highest BCUT2D eigenvalue weighted by Gasteiger charge is 2.23. The lowest BCUT2D eigenvalue weighted by Gasteiger charge is -2.18. The molecule has 0 saturated heterocycles. The molecule has 2 atom stereocenters. The summed E-state index contributed by atoms with van der Waals surface area (Å²) in [6.07, 6.45) is 0.805. The Bertz CT molecular complexity index is 587. The van der Waals surface area contributed by atoms with Crippen molar-refractivity contribution in [2.24, 2.45) is 0 Å². The van der Waals surface area contributed by atoms with Gasteiger partial charge in [-0.05, 0) is 23.4 Å². The van der Waals surface area contributed by atoms with E-state index in [4.69, 9.17) is 0 Å². The van der Waals surface area contributed by atoms with Gasteiger partial charge in [0, 0.05) is 4.88 Å². The van der Waals surface area contributed by atoms with Gasteiger partial charge in [0.15, 0.2) is 0 Å². The quantitative estimate of drug-likeness (QED) is 0.911. The van der Waals surface area contributed by atoms with E-state index in [2.05, 4.69) is 11.4 Å². The van der Waals surface area contributed by atoms with E-state index in [1.54, 1.807) is 23.5 Å². The lowest BCUT2D eigenvalue weighted by Crippen LogP contribution is -2.31. The van der Waals surface area contributed by atoms with E-state index >= 15 is 0 Å². The molecule has 1 aromatic carbocycles. The van der Waals surface area contributed by atoms with Gasteiger partial charge in [0.05, 0.1) is 12.1 Å². The van der Waals surface area contributed by atoms with E-state index in [0.717, 1.165) is 16.9 Å². The Morgan fingerprint density at radius 2 is 2.05 bits per heavy atom. The monoisotopic (exact) mass is 284 g/mol. The summed E-state index contributed by atoms with van der Waals surface area (Å²) in [6.45, 7) is 2.02. The van der Waals surface area contributed by atoms with Gasteiger partial charge in [-0.1, -0.05) is 43.3 Å². The van der Waals surface area contributed by atoms with Gasteiger partial charge in [0.1, 0.15) is 5.92 Å². The first-order chi connectivity index (χ1) is 9.76. The number of amides is 1. The Kier molecular flexibility index (Phi) is 4.91. The minimum Gasteiger partial charge on any atom is -0.347 e. The molecule has 4 heteroatoms. The Balaban J connectivity index is 2.12. The van der Waals surface area contributed by atoms with E-state index in [-0.39, 0.29) is 11.9 Å². The van der Waals surface area contributed by atoms with Crippen molar-refractivity contribution >= 4 is 17.2 Å². The summed E-state index contributed by atoms with van der Waals surface area (Å²) in [4.78, 5) is 13.4. The topological polar surface area (TPSA) is 52.9 Å². The van der Waals surface area contributed by atoms with Crippen LogP contribution in [0.25, 0.3) is 0 Å². The third-order valence-electron chi connectivity index (χ3n) is 3.14. The molecule has 0 radical (unpaired) electrons. The minimum atomic E-state index is -0.759. The van der Waals surface area contributed by atoms with Crippen LogP contribution in [-0.4, -0.2) is 5.91 Å². The molecule has 102 valence electrons. The van der Waals surface area contributed by atoms with Crippen molar-refractivity contribution in [2.75, 3.05) is 0 Å². The number of rotatable bonds is 5. The van der Waals surface area contributed by atoms with Crippen LogP contribution in [0.4, 0.5) is 0 Å². The summed E-state index contributed by atoms with van der Waals surface area (Å²) >= 11 is 1.62. The van der Waals surface area contributed by atoms with Crippen LogP contribution in [0.15, 0.2) is 47.8 Å². The number of carbonyl (C=O) groups is 1. The van der Waals surface area contributed by atoms with Gasteiger partial charge >= 0.3 is 0 Å². The van der Waals surface area contributed by atoms with Crippen molar-refractivity contribution in [3.05, 3.63) is 58.3 Å². The molecule has 20 heavy (non-hydrogen) atoms. The van der Waals surface area contributed by atoms with E-state index in [1.165, 1.54) is 0 Å². The van der Waals surface area contributed by atoms with Crippen LogP contribution in [0.5, 0.6) is 0 Å². The molecule has 0 saturated carbocycles. The second kappa shape index (κ2) is 6.88. The maximum absolute atomic E-state index is 12.3. The highest BCUT2D eigenvalue weighted by Crippen LogP contribution is 2.23. The van der Waals surface area contributed by atoms with Gasteiger partial charge < -0.3 is 5.32 Å². The molecule has 3 nitrogen and oxygen atoms in total. The van der Waals surface area contributed by atoms with Crippen LogP contribution in [0, 0.1) is 11.3 Å². The summed E-state index contributed by atoms with van der Waals surface area (Å²) in [5.41, 5.74) is 0.730. The smallest absolute Gasteiger partial charge is 0.242 e. The van der Waals surface area contributed by atoms with E-state index in [9.17, 15) is 10.1 Å². The van der Waals surface area contributed by atoms with Gasteiger partial charge in [-0.15, -0.1) is 11.3 Å². The first-order valence-corrected chi connectivity index (χ1v) is 7.42. The largest absolute Gasteiger partial charge is 0.347 e. The molecule has 2 rings (SSSR count). The van der Waals surface area contributed by atoms with E-state index < -0.39 is 5.92 Å². The van der Waals surface area contributed by atoms with Crippen LogP contribution in [-0.2, 0) is 4.79 Å². The van der Waals surface area contributed by atoms with Crippen LogP contribution in [0.2, 0.25) is 0 Å². The fraction of sp³-hybridized carbons (Fsp3) is 0.250. The summed E-state index contributed by atoms with van der Waals surface area (Å²) in [6, 6.07) is 15.2. The molecule has 1 aromatic heterocycles. The SMILES string of the molecule is CCC(NC(=O)C(C#N)c1ccccc1)c1cccs1. The molecule has 0 aliphatic rings. The van der Waals surface area contributed by atoms with Crippen molar-refractivity contribution in [1.82, 2.24) is 5.32 Å². The zero-order valence-corrected chi connectivity index (χ0v) is 12.1. The summed E-state index contributed by atoms with van der Waals surface area (Å²) in [5.74, 6) is -0.996. The van der Waals surface area contributed by atoms with Gasteiger partial charge in [-0.25, -0.2) is 0 Å². The zero-order chi connectivity index (χ0) is 14.4. The molecule has 0 aliphatic carbocycles. The number of nitriles is 1. The van der Waals surface area contributed by atoms with Crippen molar-refractivity contribution in [1.29, 1.82) is 5.26 Å². The van der Waals surface area contributed by atoms with Gasteiger partial charge in [0.25, 0.3) is 0 Å². The fourth-order valence-corrected chi connectivity index (χ4v) is 2.91. The number of hydrogen-bond acceptors (Lipinski definition) is 3. The molecule has 1 N–H and O–H groups in total. The van der Waals surface area contributed by atoms with Crippen molar-refractivity contribution in [2.45, 2.75) is 25.3 Å². The number of thiophene rings is 1. The second-order valence-electron chi connectivity index (χ2n) is 4.46.